The molecule has 0 fully saturated rings. The van der Waals surface area contributed by atoms with Crippen molar-refractivity contribution in [1.82, 2.24) is 0 Å². The van der Waals surface area contributed by atoms with Gasteiger partial charge in [-0.2, -0.15) is 10.0 Å². The number of fused-ring (bicyclic) bond motifs is 8. The maximum Gasteiger partial charge on any atom is 0.0468 e. The number of rotatable bonds is 5. The van der Waals surface area contributed by atoms with Crippen LogP contribution in [0, 0.1) is 0 Å². The fourth-order valence-electron chi connectivity index (χ4n) is 7.94. The highest BCUT2D eigenvalue weighted by molar-refractivity contribution is 8.33. The third kappa shape index (κ3) is 4.92. The van der Waals surface area contributed by atoms with E-state index in [1.54, 1.807) is 0 Å². The maximum absolute atomic E-state index is 2.46. The Morgan fingerprint density at radius 1 is 0.431 bits per heavy atom. The van der Waals surface area contributed by atoms with E-state index >= 15 is 0 Å². The van der Waals surface area contributed by atoms with Crippen molar-refractivity contribution in [3.8, 4) is 33.4 Å². The first kappa shape index (κ1) is 30.2. The monoisotopic (exact) mass is 689 g/mol. The Kier molecular flexibility index (Phi) is 6.96. The third-order valence-electron chi connectivity index (χ3n) is 10.5. The minimum absolute atomic E-state index is 1.13. The largest absolute Gasteiger partial charge is 0.310 e. The fourth-order valence-corrected chi connectivity index (χ4v) is 11.8. The van der Waals surface area contributed by atoms with E-state index in [1.807, 2.05) is 11.3 Å². The number of hydrogen-bond donors (Lipinski definition) is 0. The van der Waals surface area contributed by atoms with Gasteiger partial charge < -0.3 is 4.90 Å². The lowest BCUT2D eigenvalue weighted by molar-refractivity contribution is 1.27. The van der Waals surface area contributed by atoms with Gasteiger partial charge >= 0.3 is 0 Å². The highest BCUT2D eigenvalue weighted by atomic mass is 32.3. The Bertz CT molecular complexity index is 2780. The number of anilines is 3. The second kappa shape index (κ2) is 11.7. The Balaban J connectivity index is 1.15. The average molecular weight is 690 g/mol. The van der Waals surface area contributed by atoms with E-state index in [1.165, 1.54) is 79.8 Å². The zero-order chi connectivity index (χ0) is 34.1. The van der Waals surface area contributed by atoms with Crippen molar-refractivity contribution in [1.29, 1.82) is 0 Å². The van der Waals surface area contributed by atoms with Crippen molar-refractivity contribution < 1.29 is 0 Å². The van der Waals surface area contributed by atoms with E-state index in [0.29, 0.717) is 0 Å². The lowest BCUT2D eigenvalue weighted by Crippen LogP contribution is -2.10. The molecule has 1 nitrogen and oxygen atoms in total. The van der Waals surface area contributed by atoms with Crippen LogP contribution in [0.1, 0.15) is 0 Å². The van der Waals surface area contributed by atoms with Gasteiger partial charge in [0.05, 0.1) is 0 Å². The van der Waals surface area contributed by atoms with Crippen LogP contribution >= 0.6 is 21.4 Å². The van der Waals surface area contributed by atoms with E-state index in [2.05, 4.69) is 193 Å². The summed E-state index contributed by atoms with van der Waals surface area (Å²) in [6.07, 6.45) is 4.92. The molecule has 0 aliphatic carbocycles. The van der Waals surface area contributed by atoms with E-state index < -0.39 is 10.0 Å². The summed E-state index contributed by atoms with van der Waals surface area (Å²) >= 11 is 1.94. The van der Waals surface area contributed by atoms with Gasteiger partial charge in [-0.3, -0.25) is 0 Å². The Morgan fingerprint density at radius 3 is 1.94 bits per heavy atom. The van der Waals surface area contributed by atoms with Crippen LogP contribution < -0.4 is 4.90 Å². The second-order valence-corrected chi connectivity index (χ2v) is 18.4. The van der Waals surface area contributed by atoms with Gasteiger partial charge in [-0.1, -0.05) is 115 Å². The van der Waals surface area contributed by atoms with Crippen molar-refractivity contribution in [2.24, 2.45) is 0 Å². The van der Waals surface area contributed by atoms with Gasteiger partial charge in [0.15, 0.2) is 0 Å². The predicted molar refractivity (Wildman–Crippen MR) is 224 cm³/mol. The second-order valence-electron chi connectivity index (χ2n) is 13.8. The van der Waals surface area contributed by atoms with Gasteiger partial charge in [-0.05, 0) is 112 Å². The van der Waals surface area contributed by atoms with Crippen molar-refractivity contribution in [2.75, 3.05) is 17.4 Å². The van der Waals surface area contributed by atoms with Gasteiger partial charge in [0.2, 0.25) is 0 Å². The molecule has 2 heterocycles. The lowest BCUT2D eigenvalue weighted by atomic mass is 10.00. The molecule has 0 saturated carbocycles. The molecule has 0 amide bonds. The predicted octanol–water partition coefficient (Wildman–Crippen LogP) is 14.5. The SMILES string of the molecule is CS1(C)c2ccc(N(c3ccc(-c4ccc5ccccc5c4)cc3)c3cccc(-c4ccccc4)c3)cc2-c2c1ccc1c2sc2ccccc21. The highest BCUT2D eigenvalue weighted by Gasteiger charge is 2.34. The van der Waals surface area contributed by atoms with Gasteiger partial charge in [-0.15, -0.1) is 11.3 Å². The quantitative estimate of drug-likeness (QED) is 0.174. The van der Waals surface area contributed by atoms with Crippen LogP contribution in [-0.2, 0) is 0 Å². The molecule has 3 heteroatoms. The molecule has 8 aromatic carbocycles. The Morgan fingerprint density at radius 2 is 1.08 bits per heavy atom. The topological polar surface area (TPSA) is 3.24 Å². The standard InChI is InChI=1S/C48H35NS2/c1-51(2)45-27-25-40(31-43(45)47-46(51)28-26-42-41-17-8-9-18-44(41)50-48(42)47)49(39-16-10-15-36(30-39)32-11-4-3-5-12-32)38-23-21-34(22-24-38)37-20-19-33-13-6-7-14-35(33)29-37/h3-31H,1-2H3. The summed E-state index contributed by atoms with van der Waals surface area (Å²) in [5, 5.41) is 5.23. The van der Waals surface area contributed by atoms with E-state index in [4.69, 9.17) is 0 Å². The smallest absolute Gasteiger partial charge is 0.0468 e. The van der Waals surface area contributed by atoms with Gasteiger partial charge in [-0.25, -0.2) is 0 Å². The molecule has 51 heavy (non-hydrogen) atoms. The number of thiophene rings is 1. The molecule has 10 rings (SSSR count). The first-order valence-electron chi connectivity index (χ1n) is 17.4. The molecule has 1 aliphatic heterocycles. The van der Waals surface area contributed by atoms with Crippen molar-refractivity contribution in [3.63, 3.8) is 0 Å². The van der Waals surface area contributed by atoms with Crippen LogP contribution in [0.15, 0.2) is 186 Å². The summed E-state index contributed by atoms with van der Waals surface area (Å²) in [5.41, 5.74) is 11.1. The third-order valence-corrected chi connectivity index (χ3v) is 14.6. The minimum atomic E-state index is -1.17. The number of nitrogens with zero attached hydrogens (tertiary/aromatic N) is 1. The van der Waals surface area contributed by atoms with Crippen molar-refractivity contribution in [2.45, 2.75) is 9.79 Å². The van der Waals surface area contributed by atoms with Crippen LogP contribution in [0.2, 0.25) is 0 Å². The Hall–Kier alpha value is -5.61. The minimum Gasteiger partial charge on any atom is -0.310 e. The summed E-state index contributed by atoms with van der Waals surface area (Å²) in [6.45, 7) is 0. The van der Waals surface area contributed by atoms with Crippen LogP contribution in [0.4, 0.5) is 17.1 Å². The van der Waals surface area contributed by atoms with E-state index in [0.717, 1.165) is 11.4 Å². The zero-order valence-electron chi connectivity index (χ0n) is 28.5. The van der Waals surface area contributed by atoms with Crippen molar-refractivity contribution in [3.05, 3.63) is 176 Å². The molecule has 0 unspecified atom stereocenters. The van der Waals surface area contributed by atoms with Crippen LogP contribution in [0.5, 0.6) is 0 Å². The van der Waals surface area contributed by atoms with Crippen LogP contribution in [-0.4, -0.2) is 12.5 Å². The summed E-state index contributed by atoms with van der Waals surface area (Å²) in [4.78, 5) is 5.39. The summed E-state index contributed by atoms with van der Waals surface area (Å²) in [7, 11) is -1.17. The average Bonchev–Trinajstić information content (AvgIpc) is 3.67. The molecule has 0 bridgehead atoms. The molecule has 0 atom stereocenters. The van der Waals surface area contributed by atoms with Gasteiger partial charge in [0, 0.05) is 52.6 Å². The van der Waals surface area contributed by atoms with E-state index in [9.17, 15) is 0 Å². The molecule has 9 aromatic rings. The fraction of sp³-hybridized carbons (Fsp3) is 0.0417. The first-order valence-corrected chi connectivity index (χ1v) is 20.7. The molecule has 0 saturated heterocycles. The van der Waals surface area contributed by atoms with Crippen LogP contribution in [0.3, 0.4) is 0 Å². The summed E-state index contributed by atoms with van der Waals surface area (Å²) < 4.78 is 2.76. The molecular weight excluding hydrogens is 655 g/mol. The molecule has 0 N–H and O–H groups in total. The highest BCUT2D eigenvalue weighted by Crippen LogP contribution is 2.69. The molecule has 244 valence electrons. The molecule has 1 aliphatic rings. The zero-order valence-corrected chi connectivity index (χ0v) is 30.1. The van der Waals surface area contributed by atoms with E-state index in [-0.39, 0.29) is 0 Å². The molecule has 1 aromatic heterocycles. The van der Waals surface area contributed by atoms with Gasteiger partial charge in [0.25, 0.3) is 0 Å². The number of hydrogen-bond acceptors (Lipinski definition) is 2. The van der Waals surface area contributed by atoms with Crippen LogP contribution in [0.25, 0.3) is 64.3 Å². The van der Waals surface area contributed by atoms with Crippen molar-refractivity contribution >= 4 is 69.4 Å². The van der Waals surface area contributed by atoms with Gasteiger partial charge in [0.1, 0.15) is 0 Å². The molecular formula is C48H35NS2. The summed E-state index contributed by atoms with van der Waals surface area (Å²) in [6, 6.07) is 64.9. The molecule has 0 radical (unpaired) electrons. The lowest BCUT2D eigenvalue weighted by Gasteiger charge is -2.30. The summed E-state index contributed by atoms with van der Waals surface area (Å²) in [5.74, 6) is 0. The molecule has 0 spiro atoms. The number of benzene rings is 8. The normalized spacial score (nSPS) is 13.7. The maximum atomic E-state index is 2.46. The first-order chi connectivity index (χ1) is 25.0. The Labute approximate surface area is 304 Å².